The Hall–Kier alpha value is 0.323. The number of hydrogen-bond acceptors (Lipinski definition) is 0. The molecule has 0 atom stereocenters. The Balaban J connectivity index is 0.000000845. The van der Waals surface area contributed by atoms with E-state index in [1.165, 1.54) is 12.8 Å². The average molecular weight is 316 g/mol. The summed E-state index contributed by atoms with van der Waals surface area (Å²) in [4.78, 5) is 0. The predicted octanol–water partition coefficient (Wildman–Crippen LogP) is 0.344. The third-order valence-corrected chi connectivity index (χ3v) is 9.06. The van der Waals surface area contributed by atoms with Gasteiger partial charge in [-0.15, -0.1) is 0 Å². The minimum atomic E-state index is -1.27. The van der Waals surface area contributed by atoms with Gasteiger partial charge in [0.25, 0.3) is 0 Å². The van der Waals surface area contributed by atoms with E-state index in [1.807, 2.05) is 0 Å². The molecule has 2 heteroatoms. The van der Waals surface area contributed by atoms with E-state index in [0.29, 0.717) is 0 Å². The second-order valence-corrected chi connectivity index (χ2v) is 9.50. The molecule has 0 aliphatic heterocycles. The quantitative estimate of drug-likeness (QED) is 0.689. The van der Waals surface area contributed by atoms with Gasteiger partial charge in [0.05, 0.1) is 0 Å². The Kier molecular flexibility index (Phi) is 4.62. The first kappa shape index (κ1) is 11.4. The Morgan fingerprint density at radius 1 is 1.00 bits per heavy atom. The van der Waals surface area contributed by atoms with Crippen LogP contribution in [0.15, 0.2) is 43.0 Å². The molecule has 0 saturated heterocycles. The van der Waals surface area contributed by atoms with Crippen molar-refractivity contribution in [1.82, 2.24) is 0 Å². The van der Waals surface area contributed by atoms with Gasteiger partial charge >= 0.3 is 82.2 Å². The molecular formula is C11H13BrZr. The van der Waals surface area contributed by atoms with Gasteiger partial charge in [-0.25, -0.2) is 0 Å². The van der Waals surface area contributed by atoms with Crippen LogP contribution in [-0.2, 0) is 21.8 Å². The number of halogens is 1. The van der Waals surface area contributed by atoms with E-state index >= 15 is 0 Å². The fourth-order valence-corrected chi connectivity index (χ4v) is 6.46. The Morgan fingerprint density at radius 3 is 1.77 bits per heavy atom. The zero-order chi connectivity index (χ0) is 8.39. The summed E-state index contributed by atoms with van der Waals surface area (Å²) >= 11 is -1.27. The molecule has 0 fully saturated rings. The van der Waals surface area contributed by atoms with Crippen molar-refractivity contribution in [3.05, 3.63) is 43.0 Å². The van der Waals surface area contributed by atoms with E-state index in [9.17, 15) is 0 Å². The summed E-state index contributed by atoms with van der Waals surface area (Å²) in [7, 11) is 0. The van der Waals surface area contributed by atoms with Crippen molar-refractivity contribution in [1.29, 1.82) is 0 Å². The molecule has 0 nitrogen and oxygen atoms in total. The van der Waals surface area contributed by atoms with Crippen molar-refractivity contribution in [2.75, 3.05) is 0 Å². The molecule has 0 heterocycles. The fraction of sp³-hybridized carbons (Fsp3) is 0.273. The number of allylic oxidation sites excluding steroid dienone is 8. The van der Waals surface area contributed by atoms with Gasteiger partial charge in [-0.05, 0) is 0 Å². The first-order chi connectivity index (χ1) is 5.88. The van der Waals surface area contributed by atoms with Crippen LogP contribution in [0, 0.1) is 0 Å². The molecule has 0 spiro atoms. The average Bonchev–Trinajstić information content (AvgIpc) is 2.77. The van der Waals surface area contributed by atoms with Crippen molar-refractivity contribution in [2.24, 2.45) is 0 Å². The molecule has 0 aromatic heterocycles. The molecule has 0 N–H and O–H groups in total. The molecule has 68 valence electrons. The van der Waals surface area contributed by atoms with Crippen LogP contribution in [0.1, 0.15) is 12.8 Å². The maximum atomic E-state index is 2.50. The molecule has 0 unspecified atom stereocenters. The van der Waals surface area contributed by atoms with E-state index in [4.69, 9.17) is 0 Å². The van der Waals surface area contributed by atoms with E-state index < -0.39 is 21.8 Å². The van der Waals surface area contributed by atoms with E-state index in [2.05, 4.69) is 41.1 Å². The summed E-state index contributed by atoms with van der Waals surface area (Å²) < 4.78 is 6.01. The summed E-state index contributed by atoms with van der Waals surface area (Å²) in [5.74, 6) is 0. The zero-order valence-electron chi connectivity index (χ0n) is 7.76. The minimum absolute atomic E-state index is 0. The van der Waals surface area contributed by atoms with Gasteiger partial charge in [-0.1, -0.05) is 0 Å². The summed E-state index contributed by atoms with van der Waals surface area (Å²) in [6, 6.07) is 0. The van der Waals surface area contributed by atoms with Crippen LogP contribution < -0.4 is 17.0 Å². The molecule has 2 rings (SSSR count). The van der Waals surface area contributed by atoms with Gasteiger partial charge in [0, 0.05) is 0 Å². The second-order valence-electron chi connectivity index (χ2n) is 3.27. The van der Waals surface area contributed by atoms with Crippen LogP contribution in [0.2, 0.25) is 4.63 Å². The molecule has 0 amide bonds. The third-order valence-electron chi connectivity index (χ3n) is 2.51. The Morgan fingerprint density at radius 2 is 1.46 bits per heavy atom. The van der Waals surface area contributed by atoms with Crippen molar-refractivity contribution in [2.45, 2.75) is 17.5 Å². The summed E-state index contributed by atoms with van der Waals surface area (Å²) in [6.07, 6.45) is 16.1. The predicted molar refractivity (Wildman–Crippen MR) is 49.5 cm³/mol. The van der Waals surface area contributed by atoms with Crippen molar-refractivity contribution in [3.63, 3.8) is 0 Å². The topological polar surface area (TPSA) is 0 Å². The van der Waals surface area contributed by atoms with Crippen LogP contribution in [-0.4, -0.2) is 0 Å². The molecular weight excluding hydrogens is 303 g/mol. The molecule has 2 aliphatic rings. The van der Waals surface area contributed by atoms with E-state index in [0.717, 1.165) is 0 Å². The number of rotatable bonds is 2. The molecule has 13 heavy (non-hydrogen) atoms. The monoisotopic (exact) mass is 314 g/mol. The molecule has 0 bridgehead atoms. The normalized spacial score (nSPS) is 18.2. The molecule has 0 aromatic carbocycles. The third kappa shape index (κ3) is 2.64. The van der Waals surface area contributed by atoms with Crippen LogP contribution >= 0.6 is 0 Å². The SMILES string of the molecule is [Br-].[CH3][Zr+]([C]1=CC=CC1)[C]1=CC=CC1. The van der Waals surface area contributed by atoms with Crippen molar-refractivity contribution < 1.29 is 38.7 Å². The summed E-state index contributed by atoms with van der Waals surface area (Å²) in [5.41, 5.74) is 0. The zero-order valence-corrected chi connectivity index (χ0v) is 11.8. The van der Waals surface area contributed by atoms with Gasteiger partial charge in [0.1, 0.15) is 0 Å². The standard InChI is InChI=1S/2C5H5.CH3.BrH.Zr/c2*1-2-4-5-3-1;;;/h2*1-3H,4H2;1H3;1H;/q;;;;+1/p-1. The van der Waals surface area contributed by atoms with Gasteiger partial charge < -0.3 is 17.0 Å². The van der Waals surface area contributed by atoms with Crippen molar-refractivity contribution >= 4 is 0 Å². The van der Waals surface area contributed by atoms with Gasteiger partial charge in [-0.3, -0.25) is 0 Å². The first-order valence-corrected chi connectivity index (χ1v) is 9.35. The van der Waals surface area contributed by atoms with Crippen LogP contribution in [0.3, 0.4) is 0 Å². The van der Waals surface area contributed by atoms with E-state index in [1.54, 1.807) is 6.56 Å². The number of hydrogen-bond donors (Lipinski definition) is 0. The van der Waals surface area contributed by atoms with Crippen LogP contribution in [0.5, 0.6) is 0 Å². The molecule has 0 aromatic rings. The van der Waals surface area contributed by atoms with Crippen LogP contribution in [0.4, 0.5) is 0 Å². The molecule has 0 radical (unpaired) electrons. The maximum absolute atomic E-state index is 2.50. The first-order valence-electron chi connectivity index (χ1n) is 4.43. The van der Waals surface area contributed by atoms with Crippen molar-refractivity contribution in [3.8, 4) is 0 Å². The van der Waals surface area contributed by atoms with Crippen LogP contribution in [0.25, 0.3) is 0 Å². The Bertz CT molecular complexity index is 267. The van der Waals surface area contributed by atoms with Gasteiger partial charge in [0.2, 0.25) is 0 Å². The fourth-order valence-electron chi connectivity index (χ4n) is 1.66. The molecule has 0 saturated carbocycles. The Labute approximate surface area is 98.6 Å². The molecule has 2 aliphatic carbocycles. The van der Waals surface area contributed by atoms with Gasteiger partial charge in [-0.2, -0.15) is 0 Å². The van der Waals surface area contributed by atoms with Gasteiger partial charge in [0.15, 0.2) is 0 Å². The second kappa shape index (κ2) is 5.27. The summed E-state index contributed by atoms with van der Waals surface area (Å²) in [5, 5.41) is 0. The summed E-state index contributed by atoms with van der Waals surface area (Å²) in [6.45, 7) is 0. The van der Waals surface area contributed by atoms with E-state index in [-0.39, 0.29) is 17.0 Å².